The summed E-state index contributed by atoms with van der Waals surface area (Å²) in [4.78, 5) is 21.3. The molecule has 0 spiro atoms. The van der Waals surface area contributed by atoms with Crippen LogP contribution in [0, 0.1) is 20.8 Å². The van der Waals surface area contributed by atoms with Crippen molar-refractivity contribution < 1.29 is 4.79 Å². The maximum atomic E-state index is 12.5. The van der Waals surface area contributed by atoms with Crippen LogP contribution < -0.4 is 10.6 Å². The molecule has 0 unspecified atom stereocenters. The molecule has 1 amide bonds. The van der Waals surface area contributed by atoms with Gasteiger partial charge in [0.1, 0.15) is 5.69 Å². The van der Waals surface area contributed by atoms with Gasteiger partial charge in [-0.2, -0.15) is 0 Å². The van der Waals surface area contributed by atoms with E-state index in [1.807, 2.05) is 32.0 Å². The van der Waals surface area contributed by atoms with E-state index in [0.717, 1.165) is 29.8 Å². The second kappa shape index (κ2) is 6.99. The molecule has 1 aromatic heterocycles. The standard InChI is InChI=1S/C19H24N4O/c1-12-8-9-16(10-13(12)2)21-18(24)17-11-14(3)20-19(23-17)22-15-6-4-5-7-15/h8-11,15H,4-7H2,1-3H3,(H,21,24)(H,20,22,23). The second-order valence-corrected chi connectivity index (χ2v) is 6.60. The number of aromatic nitrogens is 2. The fraction of sp³-hybridized carbons (Fsp3) is 0.421. The summed E-state index contributed by atoms with van der Waals surface area (Å²) in [7, 11) is 0. The molecule has 1 aliphatic rings. The molecular weight excluding hydrogens is 300 g/mol. The van der Waals surface area contributed by atoms with Gasteiger partial charge in [-0.1, -0.05) is 18.9 Å². The van der Waals surface area contributed by atoms with Crippen molar-refractivity contribution in [1.29, 1.82) is 0 Å². The van der Waals surface area contributed by atoms with E-state index in [2.05, 4.69) is 27.5 Å². The summed E-state index contributed by atoms with van der Waals surface area (Å²) in [6.07, 6.45) is 4.76. The van der Waals surface area contributed by atoms with Crippen LogP contribution in [0.1, 0.15) is 53.0 Å². The lowest BCUT2D eigenvalue weighted by molar-refractivity contribution is 0.102. The fourth-order valence-corrected chi connectivity index (χ4v) is 3.02. The number of rotatable bonds is 4. The number of hydrogen-bond donors (Lipinski definition) is 2. The molecule has 126 valence electrons. The van der Waals surface area contributed by atoms with Crippen molar-refractivity contribution in [2.75, 3.05) is 10.6 Å². The maximum Gasteiger partial charge on any atom is 0.274 e. The molecule has 0 bridgehead atoms. The molecule has 2 aromatic rings. The number of benzene rings is 1. The highest BCUT2D eigenvalue weighted by Gasteiger charge is 2.17. The molecular formula is C19H24N4O. The highest BCUT2D eigenvalue weighted by molar-refractivity contribution is 6.03. The van der Waals surface area contributed by atoms with Gasteiger partial charge >= 0.3 is 0 Å². The van der Waals surface area contributed by atoms with Crippen LogP contribution in [-0.2, 0) is 0 Å². The molecule has 1 heterocycles. The lowest BCUT2D eigenvalue weighted by Gasteiger charge is -2.13. The van der Waals surface area contributed by atoms with Crippen molar-refractivity contribution in [3.05, 3.63) is 46.8 Å². The summed E-state index contributed by atoms with van der Waals surface area (Å²) in [6, 6.07) is 8.02. The zero-order valence-electron chi connectivity index (χ0n) is 14.5. The predicted molar refractivity (Wildman–Crippen MR) is 96.5 cm³/mol. The normalized spacial score (nSPS) is 14.6. The molecule has 2 N–H and O–H groups in total. The van der Waals surface area contributed by atoms with E-state index in [1.54, 1.807) is 6.07 Å². The number of anilines is 2. The van der Waals surface area contributed by atoms with Crippen LogP contribution in [-0.4, -0.2) is 21.9 Å². The monoisotopic (exact) mass is 324 g/mol. The Hall–Kier alpha value is -2.43. The molecule has 1 saturated carbocycles. The lowest BCUT2D eigenvalue weighted by atomic mass is 10.1. The van der Waals surface area contributed by atoms with Crippen LogP contribution in [0.25, 0.3) is 0 Å². The van der Waals surface area contributed by atoms with Crippen LogP contribution >= 0.6 is 0 Å². The van der Waals surface area contributed by atoms with E-state index in [4.69, 9.17) is 0 Å². The van der Waals surface area contributed by atoms with Crippen LogP contribution in [0.2, 0.25) is 0 Å². The average molecular weight is 324 g/mol. The number of amides is 1. The highest BCUT2D eigenvalue weighted by Crippen LogP contribution is 2.21. The van der Waals surface area contributed by atoms with Gasteiger partial charge in [0.05, 0.1) is 0 Å². The van der Waals surface area contributed by atoms with Crippen LogP contribution in [0.15, 0.2) is 24.3 Å². The predicted octanol–water partition coefficient (Wildman–Crippen LogP) is 4.01. The smallest absolute Gasteiger partial charge is 0.274 e. The van der Waals surface area contributed by atoms with E-state index >= 15 is 0 Å². The molecule has 3 rings (SSSR count). The maximum absolute atomic E-state index is 12.5. The molecule has 0 radical (unpaired) electrons. The van der Waals surface area contributed by atoms with E-state index in [9.17, 15) is 4.79 Å². The van der Waals surface area contributed by atoms with Crippen molar-refractivity contribution in [1.82, 2.24) is 9.97 Å². The van der Waals surface area contributed by atoms with Crippen molar-refractivity contribution in [3.8, 4) is 0 Å². The van der Waals surface area contributed by atoms with Gasteiger partial charge in [0.2, 0.25) is 5.95 Å². The molecule has 5 heteroatoms. The molecule has 24 heavy (non-hydrogen) atoms. The van der Waals surface area contributed by atoms with Crippen LogP contribution in [0.4, 0.5) is 11.6 Å². The first-order chi connectivity index (χ1) is 11.5. The molecule has 1 aliphatic carbocycles. The number of carbonyl (C=O) groups is 1. The zero-order valence-corrected chi connectivity index (χ0v) is 14.5. The molecule has 0 saturated heterocycles. The van der Waals surface area contributed by atoms with E-state index in [-0.39, 0.29) is 5.91 Å². The number of aryl methyl sites for hydroxylation is 3. The van der Waals surface area contributed by atoms with Gasteiger partial charge in [0, 0.05) is 17.4 Å². The molecule has 5 nitrogen and oxygen atoms in total. The van der Waals surface area contributed by atoms with Gasteiger partial charge in [0.15, 0.2) is 0 Å². The molecule has 0 atom stereocenters. The Morgan fingerprint density at radius 3 is 2.50 bits per heavy atom. The first-order valence-electron chi connectivity index (χ1n) is 8.52. The number of nitrogens with zero attached hydrogens (tertiary/aromatic N) is 2. The van der Waals surface area contributed by atoms with Gasteiger partial charge < -0.3 is 10.6 Å². The van der Waals surface area contributed by atoms with E-state index in [1.165, 1.54) is 18.4 Å². The van der Waals surface area contributed by atoms with Crippen molar-refractivity contribution in [2.45, 2.75) is 52.5 Å². The topological polar surface area (TPSA) is 66.9 Å². The minimum atomic E-state index is -0.210. The Balaban J connectivity index is 1.75. The van der Waals surface area contributed by atoms with Gasteiger partial charge in [0.25, 0.3) is 5.91 Å². The summed E-state index contributed by atoms with van der Waals surface area (Å²) in [6.45, 7) is 5.97. The van der Waals surface area contributed by atoms with Crippen LogP contribution in [0.5, 0.6) is 0 Å². The number of hydrogen-bond acceptors (Lipinski definition) is 4. The molecule has 1 fully saturated rings. The van der Waals surface area contributed by atoms with E-state index < -0.39 is 0 Å². The lowest BCUT2D eigenvalue weighted by Crippen LogP contribution is -2.20. The Bertz CT molecular complexity index is 751. The Labute approximate surface area is 142 Å². The third kappa shape index (κ3) is 3.91. The van der Waals surface area contributed by atoms with Crippen molar-refractivity contribution in [3.63, 3.8) is 0 Å². The van der Waals surface area contributed by atoms with Crippen molar-refractivity contribution >= 4 is 17.5 Å². The average Bonchev–Trinajstić information content (AvgIpc) is 3.03. The van der Waals surface area contributed by atoms with Crippen LogP contribution in [0.3, 0.4) is 0 Å². The molecule has 1 aromatic carbocycles. The number of carbonyl (C=O) groups excluding carboxylic acids is 1. The largest absolute Gasteiger partial charge is 0.351 e. The van der Waals surface area contributed by atoms with Crippen molar-refractivity contribution in [2.24, 2.45) is 0 Å². The first kappa shape index (κ1) is 16.4. The van der Waals surface area contributed by atoms with Gasteiger partial charge in [-0.15, -0.1) is 0 Å². The fourth-order valence-electron chi connectivity index (χ4n) is 3.02. The van der Waals surface area contributed by atoms with Gasteiger partial charge in [-0.25, -0.2) is 9.97 Å². The SMILES string of the molecule is Cc1cc(C(=O)Nc2ccc(C)c(C)c2)nc(NC2CCCC2)n1. The summed E-state index contributed by atoms with van der Waals surface area (Å²) in [5.41, 5.74) is 4.31. The first-order valence-corrected chi connectivity index (χ1v) is 8.52. The van der Waals surface area contributed by atoms with Gasteiger partial charge in [-0.05, 0) is 62.9 Å². The van der Waals surface area contributed by atoms with Gasteiger partial charge in [-0.3, -0.25) is 4.79 Å². The summed E-state index contributed by atoms with van der Waals surface area (Å²) >= 11 is 0. The Morgan fingerprint density at radius 1 is 1.04 bits per heavy atom. The number of nitrogens with one attached hydrogen (secondary N) is 2. The van der Waals surface area contributed by atoms with E-state index in [0.29, 0.717) is 17.7 Å². The summed E-state index contributed by atoms with van der Waals surface area (Å²) < 4.78 is 0. The molecule has 0 aliphatic heterocycles. The second-order valence-electron chi connectivity index (χ2n) is 6.60. The minimum absolute atomic E-state index is 0.210. The zero-order chi connectivity index (χ0) is 17.1. The Morgan fingerprint density at radius 2 is 1.79 bits per heavy atom. The highest BCUT2D eigenvalue weighted by atomic mass is 16.1. The Kier molecular flexibility index (Phi) is 4.79. The third-order valence-electron chi connectivity index (χ3n) is 4.54. The summed E-state index contributed by atoms with van der Waals surface area (Å²) in [5, 5.41) is 6.27. The summed E-state index contributed by atoms with van der Waals surface area (Å²) in [5.74, 6) is 0.338. The quantitative estimate of drug-likeness (QED) is 0.892. The minimum Gasteiger partial charge on any atom is -0.351 e. The third-order valence-corrected chi connectivity index (χ3v) is 4.54.